The molecule has 2 N–H and O–H groups in total. The third-order valence-corrected chi connectivity index (χ3v) is 3.19. The Bertz CT molecular complexity index is 361. The molecule has 0 saturated carbocycles. The van der Waals surface area contributed by atoms with E-state index in [0.29, 0.717) is 22.2 Å². The van der Waals surface area contributed by atoms with Crippen molar-refractivity contribution in [1.29, 1.82) is 0 Å². The van der Waals surface area contributed by atoms with E-state index in [1.807, 2.05) is 0 Å². The molecule has 0 amide bonds. The van der Waals surface area contributed by atoms with E-state index in [1.165, 1.54) is 0 Å². The van der Waals surface area contributed by atoms with Gasteiger partial charge in [-0.05, 0) is 37.6 Å². The van der Waals surface area contributed by atoms with E-state index in [4.69, 9.17) is 27.9 Å². The van der Waals surface area contributed by atoms with Gasteiger partial charge in [-0.15, -0.1) is 0 Å². The number of aliphatic hydroxyl groups excluding tert-OH is 1. The molecule has 0 radical (unpaired) electrons. The van der Waals surface area contributed by atoms with Crippen molar-refractivity contribution >= 4 is 23.2 Å². The normalized spacial score (nSPS) is 12.7. The third kappa shape index (κ3) is 5.55. The summed E-state index contributed by atoms with van der Waals surface area (Å²) >= 11 is 11.9. The Labute approximate surface area is 118 Å². The number of ether oxygens (including phenoxy) is 1. The molecule has 0 saturated heterocycles. The molecule has 0 spiro atoms. The number of halogens is 2. The van der Waals surface area contributed by atoms with Crippen molar-refractivity contribution < 1.29 is 9.84 Å². The first-order valence-corrected chi connectivity index (χ1v) is 6.73. The van der Waals surface area contributed by atoms with Gasteiger partial charge in [0.2, 0.25) is 0 Å². The van der Waals surface area contributed by atoms with Crippen LogP contribution in [0, 0.1) is 0 Å². The summed E-state index contributed by atoms with van der Waals surface area (Å²) < 4.78 is 4.96. The predicted molar refractivity (Wildman–Crippen MR) is 75.4 cm³/mol. The molecule has 102 valence electrons. The average Bonchev–Trinajstić information content (AvgIpc) is 2.36. The van der Waals surface area contributed by atoms with Gasteiger partial charge in [0.05, 0.1) is 6.10 Å². The standard InChI is InChI=1S/C13H19Cl2NO2/c1-18-7-3-2-6-16-9-13(17)11-8-10(14)4-5-12(11)15/h4-5,8,13,16-17H,2-3,6-7,9H2,1H3. The number of benzene rings is 1. The second-order valence-electron chi connectivity index (χ2n) is 4.09. The Morgan fingerprint density at radius 1 is 1.33 bits per heavy atom. The topological polar surface area (TPSA) is 41.5 Å². The second kappa shape index (κ2) is 8.73. The van der Waals surface area contributed by atoms with Crippen LogP contribution in [-0.2, 0) is 4.74 Å². The molecule has 1 aromatic carbocycles. The molecule has 1 rings (SSSR count). The first kappa shape index (κ1) is 15.7. The van der Waals surface area contributed by atoms with Crippen molar-refractivity contribution in [2.45, 2.75) is 18.9 Å². The number of hydrogen-bond acceptors (Lipinski definition) is 3. The Morgan fingerprint density at radius 3 is 2.83 bits per heavy atom. The molecule has 0 aliphatic carbocycles. The zero-order valence-electron chi connectivity index (χ0n) is 10.5. The van der Waals surface area contributed by atoms with Gasteiger partial charge in [0.25, 0.3) is 0 Å². The van der Waals surface area contributed by atoms with E-state index in [-0.39, 0.29) is 0 Å². The van der Waals surface area contributed by atoms with E-state index < -0.39 is 6.10 Å². The van der Waals surface area contributed by atoms with Crippen LogP contribution in [0.4, 0.5) is 0 Å². The van der Waals surface area contributed by atoms with Gasteiger partial charge < -0.3 is 15.2 Å². The van der Waals surface area contributed by atoms with Crippen molar-refractivity contribution in [3.05, 3.63) is 33.8 Å². The van der Waals surface area contributed by atoms with Crippen molar-refractivity contribution in [2.24, 2.45) is 0 Å². The van der Waals surface area contributed by atoms with Crippen LogP contribution in [0.3, 0.4) is 0 Å². The Kier molecular flexibility index (Phi) is 7.63. The summed E-state index contributed by atoms with van der Waals surface area (Å²) in [7, 11) is 1.69. The van der Waals surface area contributed by atoms with Gasteiger partial charge in [0.1, 0.15) is 0 Å². The molecule has 5 heteroatoms. The van der Waals surface area contributed by atoms with Gasteiger partial charge in [0.15, 0.2) is 0 Å². The fourth-order valence-corrected chi connectivity index (χ4v) is 2.04. The highest BCUT2D eigenvalue weighted by Gasteiger charge is 2.11. The van der Waals surface area contributed by atoms with Gasteiger partial charge in [-0.1, -0.05) is 23.2 Å². The first-order valence-electron chi connectivity index (χ1n) is 5.98. The predicted octanol–water partition coefficient (Wildman–Crippen LogP) is 3.04. The van der Waals surface area contributed by atoms with Crippen LogP contribution in [0.2, 0.25) is 10.0 Å². The van der Waals surface area contributed by atoms with Crippen LogP contribution in [0.1, 0.15) is 24.5 Å². The minimum Gasteiger partial charge on any atom is -0.387 e. The number of nitrogens with one attached hydrogen (secondary N) is 1. The number of aliphatic hydroxyl groups is 1. The highest BCUT2D eigenvalue weighted by atomic mass is 35.5. The van der Waals surface area contributed by atoms with Crippen molar-refractivity contribution in [2.75, 3.05) is 26.8 Å². The summed E-state index contributed by atoms with van der Waals surface area (Å²) in [6.07, 6.45) is 1.39. The maximum Gasteiger partial charge on any atom is 0.0929 e. The van der Waals surface area contributed by atoms with Crippen molar-refractivity contribution in [3.63, 3.8) is 0 Å². The Hall–Kier alpha value is -0.320. The van der Waals surface area contributed by atoms with Crippen LogP contribution in [-0.4, -0.2) is 31.9 Å². The lowest BCUT2D eigenvalue weighted by Gasteiger charge is -2.14. The molecule has 18 heavy (non-hydrogen) atoms. The van der Waals surface area contributed by atoms with Gasteiger partial charge >= 0.3 is 0 Å². The molecular formula is C13H19Cl2NO2. The van der Waals surface area contributed by atoms with Crippen molar-refractivity contribution in [1.82, 2.24) is 5.32 Å². The molecule has 0 fully saturated rings. The van der Waals surface area contributed by atoms with E-state index in [0.717, 1.165) is 26.0 Å². The molecule has 3 nitrogen and oxygen atoms in total. The Balaban J connectivity index is 2.31. The first-order chi connectivity index (χ1) is 8.65. The smallest absolute Gasteiger partial charge is 0.0929 e. The van der Waals surface area contributed by atoms with Crippen LogP contribution in [0.15, 0.2) is 18.2 Å². The van der Waals surface area contributed by atoms with Gasteiger partial charge in [0, 0.05) is 35.9 Å². The van der Waals surface area contributed by atoms with Crippen LogP contribution < -0.4 is 5.32 Å². The maximum atomic E-state index is 10.00. The van der Waals surface area contributed by atoms with Crippen LogP contribution >= 0.6 is 23.2 Å². The molecule has 0 aliphatic rings. The van der Waals surface area contributed by atoms with E-state index in [1.54, 1.807) is 25.3 Å². The molecule has 0 bridgehead atoms. The molecule has 0 aromatic heterocycles. The summed E-state index contributed by atoms with van der Waals surface area (Å²) in [4.78, 5) is 0. The highest BCUT2D eigenvalue weighted by Crippen LogP contribution is 2.25. The SMILES string of the molecule is COCCCCNCC(O)c1cc(Cl)ccc1Cl. The second-order valence-corrected chi connectivity index (χ2v) is 4.93. The summed E-state index contributed by atoms with van der Waals surface area (Å²) in [5.74, 6) is 0. The molecule has 0 aliphatic heterocycles. The molecule has 0 heterocycles. The lowest BCUT2D eigenvalue weighted by molar-refractivity contribution is 0.172. The number of hydrogen-bond donors (Lipinski definition) is 2. The van der Waals surface area contributed by atoms with Gasteiger partial charge in [-0.3, -0.25) is 0 Å². The van der Waals surface area contributed by atoms with Gasteiger partial charge in [-0.2, -0.15) is 0 Å². The van der Waals surface area contributed by atoms with E-state index in [2.05, 4.69) is 5.32 Å². The largest absolute Gasteiger partial charge is 0.387 e. The molecular weight excluding hydrogens is 273 g/mol. The summed E-state index contributed by atoms with van der Waals surface area (Å²) in [6, 6.07) is 5.10. The lowest BCUT2D eigenvalue weighted by Crippen LogP contribution is -2.23. The fourth-order valence-electron chi connectivity index (χ4n) is 1.62. The molecule has 1 atom stereocenters. The highest BCUT2D eigenvalue weighted by molar-refractivity contribution is 6.33. The maximum absolute atomic E-state index is 10.00. The number of unbranched alkanes of at least 4 members (excludes halogenated alkanes) is 1. The zero-order chi connectivity index (χ0) is 13.4. The van der Waals surface area contributed by atoms with Crippen LogP contribution in [0.5, 0.6) is 0 Å². The lowest BCUT2D eigenvalue weighted by atomic mass is 10.1. The van der Waals surface area contributed by atoms with Gasteiger partial charge in [-0.25, -0.2) is 0 Å². The van der Waals surface area contributed by atoms with E-state index >= 15 is 0 Å². The number of rotatable bonds is 8. The molecule has 1 unspecified atom stereocenters. The zero-order valence-corrected chi connectivity index (χ0v) is 12.0. The summed E-state index contributed by atoms with van der Waals surface area (Å²) in [5, 5.41) is 14.3. The van der Waals surface area contributed by atoms with Crippen LogP contribution in [0.25, 0.3) is 0 Å². The van der Waals surface area contributed by atoms with Crippen molar-refractivity contribution in [3.8, 4) is 0 Å². The quantitative estimate of drug-likeness (QED) is 0.724. The summed E-state index contributed by atoms with van der Waals surface area (Å²) in [5.41, 5.74) is 0.661. The average molecular weight is 292 g/mol. The number of methoxy groups -OCH3 is 1. The Morgan fingerprint density at radius 2 is 2.11 bits per heavy atom. The molecule has 1 aromatic rings. The van der Waals surface area contributed by atoms with E-state index in [9.17, 15) is 5.11 Å². The minimum atomic E-state index is -0.640. The third-order valence-electron chi connectivity index (χ3n) is 2.61. The minimum absolute atomic E-state index is 0.465. The monoisotopic (exact) mass is 291 g/mol. The fraction of sp³-hybridized carbons (Fsp3) is 0.538. The summed E-state index contributed by atoms with van der Waals surface area (Å²) in [6.45, 7) is 2.08.